The van der Waals surface area contributed by atoms with Crippen molar-refractivity contribution in [3.8, 4) is 0 Å². The van der Waals surface area contributed by atoms with Crippen molar-refractivity contribution in [1.82, 2.24) is 15.6 Å². The van der Waals surface area contributed by atoms with Gasteiger partial charge >= 0.3 is 0 Å². The van der Waals surface area contributed by atoms with Gasteiger partial charge in [-0.2, -0.15) is 0 Å². The van der Waals surface area contributed by atoms with Gasteiger partial charge in [0.25, 0.3) is 0 Å². The Morgan fingerprint density at radius 3 is 2.82 bits per heavy atom. The predicted octanol–water partition coefficient (Wildman–Crippen LogP) is 1.39. The summed E-state index contributed by atoms with van der Waals surface area (Å²) in [5, 5.41) is 6.04. The number of amides is 1. The summed E-state index contributed by atoms with van der Waals surface area (Å²) < 4.78 is 0. The monoisotopic (exact) mass is 235 g/mol. The Hall–Kier alpha value is -1.42. The quantitative estimate of drug-likeness (QED) is 0.783. The van der Waals surface area contributed by atoms with Crippen LogP contribution in [0.25, 0.3) is 0 Å². The normalized spacial score (nSPS) is 12.2. The maximum Gasteiger partial charge on any atom is 0.236 e. The second-order valence-electron chi connectivity index (χ2n) is 4.20. The number of aryl methyl sites for hydroxylation is 1. The molecule has 0 spiro atoms. The van der Waals surface area contributed by atoms with Crippen LogP contribution in [0.5, 0.6) is 0 Å². The van der Waals surface area contributed by atoms with E-state index in [0.717, 1.165) is 24.2 Å². The van der Waals surface area contributed by atoms with Gasteiger partial charge in [-0.15, -0.1) is 0 Å². The predicted molar refractivity (Wildman–Crippen MR) is 68.6 cm³/mol. The van der Waals surface area contributed by atoms with Crippen molar-refractivity contribution >= 4 is 5.91 Å². The summed E-state index contributed by atoms with van der Waals surface area (Å²) >= 11 is 0. The van der Waals surface area contributed by atoms with Gasteiger partial charge in [0.1, 0.15) is 0 Å². The molecule has 4 heteroatoms. The summed E-state index contributed by atoms with van der Waals surface area (Å²) in [6.07, 6.45) is 2.79. The molecule has 0 aliphatic carbocycles. The maximum atomic E-state index is 11.6. The SMILES string of the molecule is CCCNC(=O)C(C)NCc1ccc(C)nc1. The molecule has 1 heterocycles. The first-order valence-corrected chi connectivity index (χ1v) is 6.06. The first kappa shape index (κ1) is 13.6. The van der Waals surface area contributed by atoms with Gasteiger partial charge in [-0.05, 0) is 31.9 Å². The zero-order valence-electron chi connectivity index (χ0n) is 10.8. The topological polar surface area (TPSA) is 54.0 Å². The van der Waals surface area contributed by atoms with Crippen LogP contribution in [-0.4, -0.2) is 23.5 Å². The minimum Gasteiger partial charge on any atom is -0.355 e. The minimum absolute atomic E-state index is 0.0481. The average Bonchev–Trinajstić information content (AvgIpc) is 2.34. The van der Waals surface area contributed by atoms with Crippen LogP contribution in [0.2, 0.25) is 0 Å². The van der Waals surface area contributed by atoms with E-state index in [1.807, 2.05) is 39.1 Å². The number of carbonyl (C=O) groups excluding carboxylic acids is 1. The maximum absolute atomic E-state index is 11.6. The first-order valence-electron chi connectivity index (χ1n) is 6.06. The molecule has 0 aliphatic rings. The highest BCUT2D eigenvalue weighted by Crippen LogP contribution is 1.99. The van der Waals surface area contributed by atoms with E-state index in [1.165, 1.54) is 0 Å². The number of nitrogens with one attached hydrogen (secondary N) is 2. The molecule has 1 aromatic rings. The summed E-state index contributed by atoms with van der Waals surface area (Å²) in [6.45, 7) is 7.26. The third-order valence-corrected chi connectivity index (χ3v) is 2.53. The van der Waals surface area contributed by atoms with Crippen molar-refractivity contribution < 1.29 is 4.79 Å². The molecule has 2 N–H and O–H groups in total. The van der Waals surface area contributed by atoms with Crippen LogP contribution < -0.4 is 10.6 Å². The highest BCUT2D eigenvalue weighted by Gasteiger charge is 2.10. The lowest BCUT2D eigenvalue weighted by molar-refractivity contribution is -0.122. The molecule has 0 saturated heterocycles. The molecule has 1 unspecified atom stereocenters. The fourth-order valence-corrected chi connectivity index (χ4v) is 1.37. The van der Waals surface area contributed by atoms with Crippen molar-refractivity contribution in [1.29, 1.82) is 0 Å². The van der Waals surface area contributed by atoms with Gasteiger partial charge in [0, 0.05) is 25.0 Å². The molecule has 1 aromatic heterocycles. The fraction of sp³-hybridized carbons (Fsp3) is 0.538. The molecule has 4 nitrogen and oxygen atoms in total. The van der Waals surface area contributed by atoms with E-state index in [-0.39, 0.29) is 11.9 Å². The van der Waals surface area contributed by atoms with E-state index in [0.29, 0.717) is 6.54 Å². The number of aromatic nitrogens is 1. The van der Waals surface area contributed by atoms with Crippen LogP contribution in [0, 0.1) is 6.92 Å². The minimum atomic E-state index is -0.178. The Bertz CT molecular complexity index is 348. The van der Waals surface area contributed by atoms with E-state index in [9.17, 15) is 4.79 Å². The number of nitrogens with zero attached hydrogens (tertiary/aromatic N) is 1. The second kappa shape index (κ2) is 7.01. The molecule has 0 radical (unpaired) electrons. The molecule has 0 aliphatic heterocycles. The van der Waals surface area contributed by atoms with Crippen LogP contribution >= 0.6 is 0 Å². The lowest BCUT2D eigenvalue weighted by Gasteiger charge is -2.13. The van der Waals surface area contributed by atoms with Crippen LogP contribution in [0.4, 0.5) is 0 Å². The van der Waals surface area contributed by atoms with Crippen LogP contribution in [-0.2, 0) is 11.3 Å². The highest BCUT2D eigenvalue weighted by atomic mass is 16.2. The Labute approximate surface area is 103 Å². The third-order valence-electron chi connectivity index (χ3n) is 2.53. The lowest BCUT2D eigenvalue weighted by Crippen LogP contribution is -2.42. The summed E-state index contributed by atoms with van der Waals surface area (Å²) in [5.74, 6) is 0.0481. The van der Waals surface area contributed by atoms with E-state index < -0.39 is 0 Å². The van der Waals surface area contributed by atoms with Crippen molar-refractivity contribution in [2.75, 3.05) is 6.54 Å². The van der Waals surface area contributed by atoms with Crippen molar-refractivity contribution in [3.05, 3.63) is 29.6 Å². The van der Waals surface area contributed by atoms with Crippen LogP contribution in [0.15, 0.2) is 18.3 Å². The van der Waals surface area contributed by atoms with Gasteiger partial charge in [0.15, 0.2) is 0 Å². The molecule has 1 atom stereocenters. The molecule has 94 valence electrons. The van der Waals surface area contributed by atoms with E-state index in [4.69, 9.17) is 0 Å². The fourth-order valence-electron chi connectivity index (χ4n) is 1.37. The molecule has 17 heavy (non-hydrogen) atoms. The van der Waals surface area contributed by atoms with Crippen molar-refractivity contribution in [3.63, 3.8) is 0 Å². The Kier molecular flexibility index (Phi) is 5.63. The van der Waals surface area contributed by atoms with Gasteiger partial charge < -0.3 is 10.6 Å². The van der Waals surface area contributed by atoms with E-state index >= 15 is 0 Å². The van der Waals surface area contributed by atoms with Crippen molar-refractivity contribution in [2.24, 2.45) is 0 Å². The lowest BCUT2D eigenvalue weighted by atomic mass is 10.2. The van der Waals surface area contributed by atoms with Crippen LogP contribution in [0.3, 0.4) is 0 Å². The highest BCUT2D eigenvalue weighted by molar-refractivity contribution is 5.81. The average molecular weight is 235 g/mol. The van der Waals surface area contributed by atoms with E-state index in [1.54, 1.807) is 0 Å². The van der Waals surface area contributed by atoms with Crippen molar-refractivity contribution in [2.45, 2.75) is 39.8 Å². The van der Waals surface area contributed by atoms with Gasteiger partial charge in [0.05, 0.1) is 6.04 Å². The number of hydrogen-bond acceptors (Lipinski definition) is 3. The summed E-state index contributed by atoms with van der Waals surface area (Å²) in [5.41, 5.74) is 2.09. The van der Waals surface area contributed by atoms with Crippen LogP contribution in [0.1, 0.15) is 31.5 Å². The molecule has 0 saturated carbocycles. The largest absolute Gasteiger partial charge is 0.355 e. The second-order valence-corrected chi connectivity index (χ2v) is 4.20. The molecule has 0 aromatic carbocycles. The zero-order valence-corrected chi connectivity index (χ0v) is 10.8. The molecule has 0 bridgehead atoms. The standard InChI is InChI=1S/C13H21N3O/c1-4-7-14-13(17)11(3)16-9-12-6-5-10(2)15-8-12/h5-6,8,11,16H,4,7,9H2,1-3H3,(H,14,17). The number of rotatable bonds is 6. The number of carbonyl (C=O) groups is 1. The number of hydrogen-bond donors (Lipinski definition) is 2. The van der Waals surface area contributed by atoms with Gasteiger partial charge in [-0.1, -0.05) is 13.0 Å². The third kappa shape index (κ3) is 4.95. The molecule has 1 amide bonds. The van der Waals surface area contributed by atoms with E-state index in [2.05, 4.69) is 15.6 Å². The first-order chi connectivity index (χ1) is 8.13. The smallest absolute Gasteiger partial charge is 0.236 e. The molecular formula is C13H21N3O. The molecular weight excluding hydrogens is 214 g/mol. The Balaban J connectivity index is 2.34. The molecule has 0 fully saturated rings. The molecule has 1 rings (SSSR count). The zero-order chi connectivity index (χ0) is 12.7. The van der Waals surface area contributed by atoms with Gasteiger partial charge in [0.2, 0.25) is 5.91 Å². The van der Waals surface area contributed by atoms with Gasteiger partial charge in [-0.3, -0.25) is 9.78 Å². The van der Waals surface area contributed by atoms with Gasteiger partial charge in [-0.25, -0.2) is 0 Å². The summed E-state index contributed by atoms with van der Waals surface area (Å²) in [7, 11) is 0. The Morgan fingerprint density at radius 1 is 1.47 bits per heavy atom. The Morgan fingerprint density at radius 2 is 2.24 bits per heavy atom. The number of pyridine rings is 1. The summed E-state index contributed by atoms with van der Waals surface area (Å²) in [4.78, 5) is 15.8. The summed E-state index contributed by atoms with van der Waals surface area (Å²) in [6, 6.07) is 3.81.